The molecule has 1 unspecified atom stereocenters. The van der Waals surface area contributed by atoms with E-state index in [2.05, 4.69) is 4.98 Å². The summed E-state index contributed by atoms with van der Waals surface area (Å²) >= 11 is 0. The molecule has 0 fully saturated rings. The number of nitrogens with one attached hydrogen (secondary N) is 1. The van der Waals surface area contributed by atoms with E-state index >= 15 is 0 Å². The van der Waals surface area contributed by atoms with Gasteiger partial charge in [0.15, 0.2) is 0 Å². The highest BCUT2D eigenvalue weighted by Gasteiger charge is 2.14. The summed E-state index contributed by atoms with van der Waals surface area (Å²) in [5, 5.41) is 0.927. The van der Waals surface area contributed by atoms with Gasteiger partial charge in [-0.25, -0.2) is 0 Å². The quantitative estimate of drug-likeness (QED) is 0.539. The molecule has 0 aliphatic rings. The molecule has 5 nitrogen and oxygen atoms in total. The van der Waals surface area contributed by atoms with Gasteiger partial charge in [0.1, 0.15) is 18.5 Å². The molecule has 0 spiro atoms. The molecule has 3 rings (SSSR count). The van der Waals surface area contributed by atoms with Crippen LogP contribution in [0.3, 0.4) is 0 Å². The van der Waals surface area contributed by atoms with Crippen LogP contribution in [-0.2, 0) is 16.1 Å². The zero-order chi connectivity index (χ0) is 16.2. The molecule has 5 heteroatoms. The lowest BCUT2D eigenvalue weighted by Gasteiger charge is -2.11. The molecule has 0 aliphatic carbocycles. The number of ether oxygens (including phenoxy) is 2. The molecule has 118 valence electrons. The maximum Gasteiger partial charge on any atom is 0.293 e. The number of carbonyl (C=O) groups excluding carboxylic acids is 1. The molecular weight excluding hydrogens is 292 g/mol. The largest absolute Gasteiger partial charge is 0.487 e. The van der Waals surface area contributed by atoms with Gasteiger partial charge in [0, 0.05) is 22.7 Å². The lowest BCUT2D eigenvalue weighted by molar-refractivity contribution is -0.133. The smallest absolute Gasteiger partial charge is 0.293 e. The van der Waals surface area contributed by atoms with Crippen molar-refractivity contribution in [3.05, 3.63) is 59.8 Å². The van der Waals surface area contributed by atoms with Gasteiger partial charge in [0.05, 0.1) is 5.69 Å². The molecule has 0 radical (unpaired) electrons. The Bertz CT molecular complexity index is 812. The Labute approximate surface area is 134 Å². The number of hydrogen-bond acceptors (Lipinski definition) is 4. The van der Waals surface area contributed by atoms with E-state index < -0.39 is 0 Å². The van der Waals surface area contributed by atoms with Gasteiger partial charge >= 0.3 is 0 Å². The monoisotopic (exact) mass is 310 g/mol. The molecule has 0 bridgehead atoms. The van der Waals surface area contributed by atoms with E-state index in [-0.39, 0.29) is 6.10 Å². The van der Waals surface area contributed by atoms with Crippen LogP contribution in [0.1, 0.15) is 24.2 Å². The minimum atomic E-state index is -0.341. The normalized spacial score (nSPS) is 12.0. The van der Waals surface area contributed by atoms with Crippen LogP contribution in [-0.4, -0.2) is 11.5 Å². The number of aromatic nitrogens is 1. The number of anilines is 1. The minimum Gasteiger partial charge on any atom is -0.487 e. The maximum absolute atomic E-state index is 10.5. The van der Waals surface area contributed by atoms with Crippen LogP contribution in [0.2, 0.25) is 0 Å². The third kappa shape index (κ3) is 3.13. The Morgan fingerprint density at radius 1 is 1.26 bits per heavy atom. The number of nitrogens with two attached hydrogens (primary N) is 1. The van der Waals surface area contributed by atoms with Crippen molar-refractivity contribution in [2.24, 2.45) is 0 Å². The molecule has 0 saturated heterocycles. The Hall–Kier alpha value is -2.95. The number of carbonyl (C=O) groups is 1. The van der Waals surface area contributed by atoms with Gasteiger partial charge in [-0.2, -0.15) is 0 Å². The van der Waals surface area contributed by atoms with Crippen molar-refractivity contribution >= 4 is 23.1 Å². The van der Waals surface area contributed by atoms with Crippen molar-refractivity contribution in [2.45, 2.75) is 19.6 Å². The number of fused-ring (bicyclic) bond motifs is 1. The van der Waals surface area contributed by atoms with Crippen molar-refractivity contribution in [2.75, 3.05) is 5.73 Å². The van der Waals surface area contributed by atoms with E-state index in [0.717, 1.165) is 22.0 Å². The first kappa shape index (κ1) is 15.0. The van der Waals surface area contributed by atoms with Gasteiger partial charge in [0.2, 0.25) is 0 Å². The standard InChI is InChI=1S/C18H18N2O3/c1-12(23-11-21)15-9-20-17-8-16(19)18(7-14(15)17)22-10-13-5-3-2-4-6-13/h2-9,11-12,20H,10,19H2,1H3. The predicted molar refractivity (Wildman–Crippen MR) is 89.0 cm³/mol. The highest BCUT2D eigenvalue weighted by Crippen LogP contribution is 2.33. The predicted octanol–water partition coefficient (Wildman–Crippen LogP) is 3.56. The lowest BCUT2D eigenvalue weighted by atomic mass is 10.1. The Balaban J connectivity index is 1.89. The van der Waals surface area contributed by atoms with E-state index in [4.69, 9.17) is 15.2 Å². The third-order valence-corrected chi connectivity index (χ3v) is 3.78. The molecular formula is C18H18N2O3. The topological polar surface area (TPSA) is 77.3 Å². The molecule has 2 aromatic carbocycles. The first-order valence-electron chi connectivity index (χ1n) is 7.35. The van der Waals surface area contributed by atoms with Crippen molar-refractivity contribution in [3.8, 4) is 5.75 Å². The second kappa shape index (κ2) is 6.44. The van der Waals surface area contributed by atoms with Gasteiger partial charge in [-0.05, 0) is 24.6 Å². The van der Waals surface area contributed by atoms with Gasteiger partial charge in [-0.3, -0.25) is 4.79 Å². The number of H-pyrrole nitrogens is 1. The van der Waals surface area contributed by atoms with Gasteiger partial charge in [-0.1, -0.05) is 30.3 Å². The van der Waals surface area contributed by atoms with E-state index in [9.17, 15) is 4.79 Å². The Morgan fingerprint density at radius 2 is 2.04 bits per heavy atom. The summed E-state index contributed by atoms with van der Waals surface area (Å²) in [4.78, 5) is 13.7. The van der Waals surface area contributed by atoms with Gasteiger partial charge in [0.25, 0.3) is 6.47 Å². The SMILES string of the molecule is CC(OC=O)c1c[nH]c2cc(N)c(OCc3ccccc3)cc12. The maximum atomic E-state index is 10.5. The first-order chi connectivity index (χ1) is 11.2. The molecule has 1 heterocycles. The molecule has 3 N–H and O–H groups in total. The summed E-state index contributed by atoms with van der Waals surface area (Å²) < 4.78 is 10.9. The average Bonchev–Trinajstić information content (AvgIpc) is 2.96. The van der Waals surface area contributed by atoms with Crippen LogP contribution in [0.4, 0.5) is 5.69 Å². The second-order valence-electron chi connectivity index (χ2n) is 5.33. The molecule has 0 amide bonds. The van der Waals surface area contributed by atoms with Crippen LogP contribution >= 0.6 is 0 Å². The molecule has 3 aromatic rings. The van der Waals surface area contributed by atoms with E-state index in [1.165, 1.54) is 0 Å². The first-order valence-corrected chi connectivity index (χ1v) is 7.35. The summed E-state index contributed by atoms with van der Waals surface area (Å²) in [5.41, 5.74) is 9.46. The van der Waals surface area contributed by atoms with Crippen LogP contribution in [0, 0.1) is 0 Å². The van der Waals surface area contributed by atoms with Crippen molar-refractivity contribution in [1.82, 2.24) is 4.98 Å². The minimum absolute atomic E-state index is 0.341. The lowest BCUT2D eigenvalue weighted by Crippen LogP contribution is -2.00. The zero-order valence-corrected chi connectivity index (χ0v) is 12.8. The van der Waals surface area contributed by atoms with Crippen LogP contribution in [0.15, 0.2) is 48.7 Å². The molecule has 23 heavy (non-hydrogen) atoms. The highest BCUT2D eigenvalue weighted by atomic mass is 16.5. The molecule has 1 atom stereocenters. The van der Waals surface area contributed by atoms with Crippen molar-refractivity contribution in [3.63, 3.8) is 0 Å². The number of hydrogen-bond donors (Lipinski definition) is 2. The highest BCUT2D eigenvalue weighted by molar-refractivity contribution is 5.89. The second-order valence-corrected chi connectivity index (χ2v) is 5.33. The van der Waals surface area contributed by atoms with Crippen LogP contribution in [0.25, 0.3) is 10.9 Å². The average molecular weight is 310 g/mol. The number of benzene rings is 2. The molecule has 0 saturated carbocycles. The number of nitrogen functional groups attached to an aromatic ring is 1. The fourth-order valence-corrected chi connectivity index (χ4v) is 2.54. The van der Waals surface area contributed by atoms with E-state index in [0.29, 0.717) is 24.5 Å². The summed E-state index contributed by atoms with van der Waals surface area (Å²) in [7, 11) is 0. The fourth-order valence-electron chi connectivity index (χ4n) is 2.54. The van der Waals surface area contributed by atoms with Crippen molar-refractivity contribution < 1.29 is 14.3 Å². The van der Waals surface area contributed by atoms with E-state index in [1.807, 2.05) is 55.6 Å². The molecule has 0 aliphatic heterocycles. The summed E-state index contributed by atoms with van der Waals surface area (Å²) in [5.74, 6) is 0.612. The molecule has 1 aromatic heterocycles. The summed E-state index contributed by atoms with van der Waals surface area (Å²) in [6.45, 7) is 2.71. The zero-order valence-electron chi connectivity index (χ0n) is 12.8. The summed E-state index contributed by atoms with van der Waals surface area (Å²) in [6.07, 6.45) is 1.48. The Morgan fingerprint density at radius 3 is 2.78 bits per heavy atom. The Kier molecular flexibility index (Phi) is 4.19. The van der Waals surface area contributed by atoms with Gasteiger partial charge < -0.3 is 20.2 Å². The summed E-state index contributed by atoms with van der Waals surface area (Å²) in [6, 6.07) is 13.6. The van der Waals surface area contributed by atoms with Gasteiger partial charge in [-0.15, -0.1) is 0 Å². The van der Waals surface area contributed by atoms with E-state index in [1.54, 1.807) is 0 Å². The fraction of sp³-hybridized carbons (Fsp3) is 0.167. The number of rotatable bonds is 6. The van der Waals surface area contributed by atoms with Crippen LogP contribution < -0.4 is 10.5 Å². The third-order valence-electron chi connectivity index (χ3n) is 3.78. The number of aromatic amines is 1. The van der Waals surface area contributed by atoms with Crippen molar-refractivity contribution in [1.29, 1.82) is 0 Å². The van der Waals surface area contributed by atoms with Crippen LogP contribution in [0.5, 0.6) is 5.75 Å².